The third-order valence-corrected chi connectivity index (χ3v) is 5.03. The number of ether oxygens (including phenoxy) is 2. The minimum absolute atomic E-state index is 0.105. The number of rotatable bonds is 9. The van der Waals surface area contributed by atoms with Crippen LogP contribution in [-0.4, -0.2) is 23.8 Å². The number of hydrazone groups is 1. The zero-order chi connectivity index (χ0) is 21.3. The lowest BCUT2D eigenvalue weighted by molar-refractivity contribution is -0.142. The number of nitrogens with zero attached hydrogens (tertiary/aromatic N) is 2. The smallest absolute Gasteiger partial charge is 0.311 e. The first-order valence-corrected chi connectivity index (χ1v) is 10.4. The Balaban J connectivity index is 1.63. The summed E-state index contributed by atoms with van der Waals surface area (Å²) in [6, 6.07) is 11.5. The standard InChI is InChI=1S/C21H19ClFN3O3S/c1-2-28-20(27)10-17-13-30-21(25-17)26-24-11-14-7-8-16(23)9-19(14)29-12-15-5-3-4-6-18(15)22/h3-9,11,13H,2,10,12H2,1H3,(H,25,26). The number of carbonyl (C=O) groups is 1. The second kappa shape index (κ2) is 10.7. The second-order valence-corrected chi connectivity index (χ2v) is 7.32. The molecule has 156 valence electrons. The molecule has 0 unspecified atom stereocenters. The summed E-state index contributed by atoms with van der Waals surface area (Å²) in [5.74, 6) is -0.412. The summed E-state index contributed by atoms with van der Waals surface area (Å²) in [6.07, 6.45) is 1.61. The van der Waals surface area contributed by atoms with Gasteiger partial charge in [0.2, 0.25) is 5.13 Å². The number of thiazole rings is 1. The van der Waals surface area contributed by atoms with Gasteiger partial charge in [-0.25, -0.2) is 9.37 Å². The highest BCUT2D eigenvalue weighted by Gasteiger charge is 2.09. The number of aromatic nitrogens is 1. The van der Waals surface area contributed by atoms with E-state index in [9.17, 15) is 9.18 Å². The number of hydrogen-bond donors (Lipinski definition) is 1. The van der Waals surface area contributed by atoms with E-state index >= 15 is 0 Å². The van der Waals surface area contributed by atoms with Crippen LogP contribution in [0.5, 0.6) is 5.75 Å². The van der Waals surface area contributed by atoms with E-state index in [0.29, 0.717) is 33.8 Å². The van der Waals surface area contributed by atoms with Crippen molar-refractivity contribution in [2.75, 3.05) is 12.0 Å². The van der Waals surface area contributed by atoms with Crippen LogP contribution in [0.2, 0.25) is 5.02 Å². The van der Waals surface area contributed by atoms with Crippen LogP contribution >= 0.6 is 22.9 Å². The van der Waals surface area contributed by atoms with Crippen LogP contribution in [0.3, 0.4) is 0 Å². The summed E-state index contributed by atoms with van der Waals surface area (Å²) in [7, 11) is 0. The van der Waals surface area contributed by atoms with Crippen LogP contribution in [0.25, 0.3) is 0 Å². The van der Waals surface area contributed by atoms with Crippen LogP contribution in [0.15, 0.2) is 52.9 Å². The predicted molar refractivity (Wildman–Crippen MR) is 116 cm³/mol. The molecule has 0 aliphatic heterocycles. The number of esters is 1. The number of benzene rings is 2. The Morgan fingerprint density at radius 1 is 1.33 bits per heavy atom. The largest absolute Gasteiger partial charge is 0.488 e. The van der Waals surface area contributed by atoms with E-state index in [1.807, 2.05) is 18.2 Å². The van der Waals surface area contributed by atoms with Crippen molar-refractivity contribution in [3.8, 4) is 5.75 Å². The molecule has 0 bridgehead atoms. The maximum atomic E-state index is 13.7. The molecule has 0 fully saturated rings. The molecule has 1 heterocycles. The van der Waals surface area contributed by atoms with Gasteiger partial charge in [0.05, 0.1) is 24.9 Å². The van der Waals surface area contributed by atoms with Crippen molar-refractivity contribution in [1.82, 2.24) is 4.98 Å². The maximum absolute atomic E-state index is 13.7. The molecule has 3 aromatic rings. The van der Waals surface area contributed by atoms with Gasteiger partial charge in [-0.1, -0.05) is 29.8 Å². The topological polar surface area (TPSA) is 72.8 Å². The lowest BCUT2D eigenvalue weighted by Gasteiger charge is -2.10. The van der Waals surface area contributed by atoms with Crippen molar-refractivity contribution < 1.29 is 18.7 Å². The molecule has 1 N–H and O–H groups in total. The lowest BCUT2D eigenvalue weighted by Crippen LogP contribution is -2.07. The van der Waals surface area contributed by atoms with Crippen LogP contribution in [0, 0.1) is 5.82 Å². The lowest BCUT2D eigenvalue weighted by atomic mass is 10.2. The molecule has 2 aromatic carbocycles. The van der Waals surface area contributed by atoms with E-state index in [4.69, 9.17) is 21.1 Å². The first-order valence-electron chi connectivity index (χ1n) is 9.10. The first-order chi connectivity index (χ1) is 14.5. The van der Waals surface area contributed by atoms with Gasteiger partial charge in [-0.2, -0.15) is 5.10 Å². The molecule has 0 saturated heterocycles. The fourth-order valence-corrected chi connectivity index (χ4v) is 3.32. The number of halogens is 2. The quantitative estimate of drug-likeness (QED) is 0.282. The molecule has 0 amide bonds. The summed E-state index contributed by atoms with van der Waals surface area (Å²) < 4.78 is 24.3. The monoisotopic (exact) mass is 447 g/mol. The molecule has 9 heteroatoms. The van der Waals surface area contributed by atoms with Crippen LogP contribution in [0.4, 0.5) is 9.52 Å². The Morgan fingerprint density at radius 3 is 2.97 bits per heavy atom. The van der Waals surface area contributed by atoms with Crippen molar-refractivity contribution >= 4 is 40.3 Å². The van der Waals surface area contributed by atoms with Gasteiger partial charge in [0, 0.05) is 27.6 Å². The van der Waals surface area contributed by atoms with Gasteiger partial charge >= 0.3 is 5.97 Å². The third kappa shape index (κ3) is 6.27. The molecular weight excluding hydrogens is 429 g/mol. The van der Waals surface area contributed by atoms with Crippen LogP contribution in [-0.2, 0) is 22.6 Å². The van der Waals surface area contributed by atoms with Crippen molar-refractivity contribution in [3.05, 3.63) is 75.5 Å². The molecule has 0 saturated carbocycles. The van der Waals surface area contributed by atoms with E-state index in [0.717, 1.165) is 5.56 Å². The van der Waals surface area contributed by atoms with Crippen molar-refractivity contribution in [2.45, 2.75) is 20.0 Å². The fraction of sp³-hybridized carbons (Fsp3) is 0.190. The molecule has 1 aromatic heterocycles. The van der Waals surface area contributed by atoms with Crippen molar-refractivity contribution in [2.24, 2.45) is 5.10 Å². The molecule has 3 rings (SSSR count). The summed E-state index contributed by atoms with van der Waals surface area (Å²) in [6.45, 7) is 2.28. The molecule has 0 spiro atoms. The average molecular weight is 448 g/mol. The number of nitrogens with one attached hydrogen (secondary N) is 1. The van der Waals surface area contributed by atoms with Gasteiger partial charge < -0.3 is 9.47 Å². The Labute approximate surface area is 182 Å². The van der Waals surface area contributed by atoms with Gasteiger partial charge in [0.25, 0.3) is 0 Å². The molecule has 30 heavy (non-hydrogen) atoms. The molecule has 0 radical (unpaired) electrons. The van der Waals surface area contributed by atoms with Gasteiger partial charge in [-0.3, -0.25) is 10.2 Å². The highest BCUT2D eigenvalue weighted by Crippen LogP contribution is 2.22. The number of anilines is 1. The van der Waals surface area contributed by atoms with Crippen LogP contribution < -0.4 is 10.2 Å². The highest BCUT2D eigenvalue weighted by molar-refractivity contribution is 7.13. The second-order valence-electron chi connectivity index (χ2n) is 6.06. The van der Waals surface area contributed by atoms with E-state index < -0.39 is 5.82 Å². The third-order valence-electron chi connectivity index (χ3n) is 3.86. The minimum atomic E-state index is -0.419. The van der Waals surface area contributed by atoms with Gasteiger partial charge in [0.1, 0.15) is 18.2 Å². The Hall–Kier alpha value is -2.97. The van der Waals surface area contributed by atoms with E-state index in [-0.39, 0.29) is 19.0 Å². The summed E-state index contributed by atoms with van der Waals surface area (Å²) in [4.78, 5) is 15.8. The SMILES string of the molecule is CCOC(=O)Cc1csc(NN=Cc2ccc(F)cc2OCc2ccccc2Cl)n1. The maximum Gasteiger partial charge on any atom is 0.311 e. The van der Waals surface area contributed by atoms with Crippen molar-refractivity contribution in [3.63, 3.8) is 0 Å². The summed E-state index contributed by atoms with van der Waals surface area (Å²) in [5.41, 5.74) is 4.77. The number of carbonyl (C=O) groups excluding carboxylic acids is 1. The van der Waals surface area contributed by atoms with Crippen LogP contribution in [0.1, 0.15) is 23.7 Å². The average Bonchev–Trinajstić information content (AvgIpc) is 3.16. The molecule has 0 aliphatic carbocycles. The minimum Gasteiger partial charge on any atom is -0.488 e. The molecule has 0 atom stereocenters. The van der Waals surface area contributed by atoms with E-state index in [1.165, 1.54) is 29.7 Å². The molecule has 6 nitrogen and oxygen atoms in total. The summed E-state index contributed by atoms with van der Waals surface area (Å²) >= 11 is 7.45. The fourth-order valence-electron chi connectivity index (χ4n) is 2.47. The summed E-state index contributed by atoms with van der Waals surface area (Å²) in [5, 5.41) is 6.98. The number of hydrogen-bond acceptors (Lipinski definition) is 7. The molecular formula is C21H19ClFN3O3S. The normalized spacial score (nSPS) is 10.9. The predicted octanol–water partition coefficient (Wildman–Crippen LogP) is 5.07. The van der Waals surface area contributed by atoms with E-state index in [1.54, 1.807) is 24.4 Å². The molecule has 0 aliphatic rings. The zero-order valence-corrected chi connectivity index (χ0v) is 17.7. The Bertz CT molecular complexity index is 1040. The van der Waals surface area contributed by atoms with Crippen molar-refractivity contribution in [1.29, 1.82) is 0 Å². The first kappa shape index (κ1) is 21.7. The van der Waals surface area contributed by atoms with Gasteiger partial charge in [0.15, 0.2) is 0 Å². The van der Waals surface area contributed by atoms with Gasteiger partial charge in [-0.15, -0.1) is 11.3 Å². The van der Waals surface area contributed by atoms with E-state index in [2.05, 4.69) is 15.5 Å². The Kier molecular flexibility index (Phi) is 7.75. The Morgan fingerprint density at radius 2 is 2.17 bits per heavy atom. The van der Waals surface area contributed by atoms with Gasteiger partial charge in [-0.05, 0) is 25.1 Å². The zero-order valence-electron chi connectivity index (χ0n) is 16.1. The highest BCUT2D eigenvalue weighted by atomic mass is 35.5.